The zero-order chi connectivity index (χ0) is 24.9. The van der Waals surface area contributed by atoms with E-state index in [0.29, 0.717) is 24.2 Å². The maximum Gasteiger partial charge on any atom is 0.419 e. The van der Waals surface area contributed by atoms with Crippen molar-refractivity contribution in [2.75, 3.05) is 12.4 Å². The molecule has 0 saturated heterocycles. The van der Waals surface area contributed by atoms with E-state index in [1.54, 1.807) is 0 Å². The SMILES string of the molecule is CCC(C)(Oc1cc(C(=O)OCCS(=O)(=O)O)ccc1C(F)(F)F)C1CC2CC1C1CCCC21. The summed E-state index contributed by atoms with van der Waals surface area (Å²) in [6.45, 7) is 3.17. The van der Waals surface area contributed by atoms with Gasteiger partial charge in [-0.3, -0.25) is 4.55 Å². The summed E-state index contributed by atoms with van der Waals surface area (Å²) in [5, 5.41) is 0. The molecule has 3 aliphatic rings. The van der Waals surface area contributed by atoms with Crippen molar-refractivity contribution in [2.45, 2.75) is 64.1 Å². The fraction of sp³-hybridized carbons (Fsp3) is 0.708. The highest BCUT2D eigenvalue weighted by Gasteiger charge is 2.58. The molecule has 6 unspecified atom stereocenters. The van der Waals surface area contributed by atoms with Gasteiger partial charge in [0.15, 0.2) is 0 Å². The molecule has 6 nitrogen and oxygen atoms in total. The van der Waals surface area contributed by atoms with Gasteiger partial charge in [0.1, 0.15) is 23.7 Å². The highest BCUT2D eigenvalue weighted by atomic mass is 32.2. The molecule has 190 valence electrons. The quantitative estimate of drug-likeness (QED) is 0.378. The summed E-state index contributed by atoms with van der Waals surface area (Å²) in [5.74, 6) is 0.365. The van der Waals surface area contributed by atoms with E-state index in [0.717, 1.165) is 37.0 Å². The summed E-state index contributed by atoms with van der Waals surface area (Å²) in [4.78, 5) is 12.3. The molecule has 3 fully saturated rings. The number of esters is 1. The highest BCUT2D eigenvalue weighted by Crippen LogP contribution is 2.63. The molecule has 0 amide bonds. The summed E-state index contributed by atoms with van der Waals surface area (Å²) in [5.41, 5.74) is -1.97. The largest absolute Gasteiger partial charge is 0.487 e. The number of hydrogen-bond donors (Lipinski definition) is 1. The van der Waals surface area contributed by atoms with Crippen molar-refractivity contribution < 1.29 is 40.4 Å². The number of benzene rings is 1. The molecule has 3 aliphatic carbocycles. The molecule has 2 bridgehead atoms. The molecule has 0 aliphatic heterocycles. The zero-order valence-electron chi connectivity index (χ0n) is 19.3. The van der Waals surface area contributed by atoms with E-state index < -0.39 is 51.5 Å². The van der Waals surface area contributed by atoms with Crippen molar-refractivity contribution in [3.8, 4) is 5.75 Å². The Labute approximate surface area is 197 Å². The normalized spacial score (nSPS) is 30.1. The average Bonchev–Trinajstić information content (AvgIpc) is 3.45. The third kappa shape index (κ3) is 4.94. The van der Waals surface area contributed by atoms with Crippen LogP contribution in [-0.2, 0) is 21.0 Å². The Morgan fingerprint density at radius 3 is 2.50 bits per heavy atom. The van der Waals surface area contributed by atoms with E-state index in [2.05, 4.69) is 0 Å². The molecular formula is C24H31F3O6S. The summed E-state index contributed by atoms with van der Waals surface area (Å²) >= 11 is 0. The van der Waals surface area contributed by atoms with Crippen LogP contribution in [0.25, 0.3) is 0 Å². The maximum absolute atomic E-state index is 13.8. The minimum Gasteiger partial charge on any atom is -0.487 e. The Morgan fingerprint density at radius 1 is 1.15 bits per heavy atom. The van der Waals surface area contributed by atoms with Gasteiger partial charge in [0.05, 0.1) is 11.1 Å². The molecule has 0 radical (unpaired) electrons. The molecule has 6 atom stereocenters. The summed E-state index contributed by atoms with van der Waals surface area (Å²) in [6, 6.07) is 2.80. The van der Waals surface area contributed by atoms with Crippen LogP contribution in [0.3, 0.4) is 0 Å². The Balaban J connectivity index is 1.58. The van der Waals surface area contributed by atoms with Gasteiger partial charge in [0, 0.05) is 5.92 Å². The molecule has 4 rings (SSSR count). The lowest BCUT2D eigenvalue weighted by Gasteiger charge is -2.43. The van der Waals surface area contributed by atoms with E-state index >= 15 is 0 Å². The van der Waals surface area contributed by atoms with Gasteiger partial charge in [-0.15, -0.1) is 0 Å². The topological polar surface area (TPSA) is 89.9 Å². The van der Waals surface area contributed by atoms with Crippen molar-refractivity contribution in [3.05, 3.63) is 29.3 Å². The first kappa shape index (κ1) is 25.3. The van der Waals surface area contributed by atoms with Gasteiger partial charge in [-0.05, 0) is 80.9 Å². The van der Waals surface area contributed by atoms with Gasteiger partial charge in [0.2, 0.25) is 0 Å². The van der Waals surface area contributed by atoms with Gasteiger partial charge < -0.3 is 9.47 Å². The predicted molar refractivity (Wildman–Crippen MR) is 118 cm³/mol. The smallest absolute Gasteiger partial charge is 0.419 e. The van der Waals surface area contributed by atoms with Crippen LogP contribution in [0, 0.1) is 29.6 Å². The van der Waals surface area contributed by atoms with E-state index in [1.165, 1.54) is 19.3 Å². The Kier molecular flexibility index (Phi) is 6.70. The number of alkyl halides is 3. The first-order valence-electron chi connectivity index (χ1n) is 11.8. The fourth-order valence-electron chi connectivity index (χ4n) is 6.72. The second-order valence-corrected chi connectivity index (χ2v) is 11.7. The number of rotatable bonds is 8. The van der Waals surface area contributed by atoms with E-state index in [-0.39, 0.29) is 11.5 Å². The lowest BCUT2D eigenvalue weighted by molar-refractivity contribution is -0.141. The summed E-state index contributed by atoms with van der Waals surface area (Å²) in [7, 11) is -4.33. The number of ether oxygens (including phenoxy) is 2. The molecular weight excluding hydrogens is 473 g/mol. The lowest BCUT2D eigenvalue weighted by Crippen LogP contribution is -2.45. The lowest BCUT2D eigenvalue weighted by atomic mass is 9.68. The molecule has 1 aromatic rings. The minimum atomic E-state index is -4.68. The summed E-state index contributed by atoms with van der Waals surface area (Å²) in [6.07, 6.45) is 1.57. The van der Waals surface area contributed by atoms with Crippen LogP contribution in [0.2, 0.25) is 0 Å². The third-order valence-corrected chi connectivity index (χ3v) is 9.04. The van der Waals surface area contributed by atoms with Crippen LogP contribution in [-0.4, -0.2) is 36.9 Å². The van der Waals surface area contributed by atoms with Gasteiger partial charge in [-0.1, -0.05) is 13.3 Å². The van der Waals surface area contributed by atoms with Crippen LogP contribution in [0.4, 0.5) is 13.2 Å². The monoisotopic (exact) mass is 504 g/mol. The van der Waals surface area contributed by atoms with Crippen molar-refractivity contribution in [1.82, 2.24) is 0 Å². The van der Waals surface area contributed by atoms with E-state index in [1.807, 2.05) is 13.8 Å². The van der Waals surface area contributed by atoms with Crippen LogP contribution >= 0.6 is 0 Å². The molecule has 3 saturated carbocycles. The number of carbonyl (C=O) groups excluding carboxylic acids is 1. The molecule has 1 aromatic carbocycles. The number of fused-ring (bicyclic) bond motifs is 5. The van der Waals surface area contributed by atoms with Crippen molar-refractivity contribution in [2.24, 2.45) is 29.6 Å². The van der Waals surface area contributed by atoms with Gasteiger partial charge in [-0.2, -0.15) is 21.6 Å². The van der Waals surface area contributed by atoms with Crippen LogP contribution in [0.5, 0.6) is 5.75 Å². The van der Waals surface area contributed by atoms with Crippen LogP contribution in [0.1, 0.15) is 68.3 Å². The second kappa shape index (κ2) is 9.00. The fourth-order valence-corrected chi connectivity index (χ4v) is 7.02. The number of carbonyl (C=O) groups is 1. The maximum atomic E-state index is 13.8. The summed E-state index contributed by atoms with van der Waals surface area (Å²) < 4.78 is 82.8. The first-order chi connectivity index (χ1) is 15.8. The molecule has 10 heteroatoms. The highest BCUT2D eigenvalue weighted by molar-refractivity contribution is 7.85. The predicted octanol–water partition coefficient (Wildman–Crippen LogP) is 5.37. The van der Waals surface area contributed by atoms with Crippen LogP contribution in [0.15, 0.2) is 18.2 Å². The van der Waals surface area contributed by atoms with E-state index in [4.69, 9.17) is 14.0 Å². The molecule has 0 spiro atoms. The third-order valence-electron chi connectivity index (χ3n) is 8.36. The number of hydrogen-bond acceptors (Lipinski definition) is 5. The Morgan fingerprint density at radius 2 is 1.85 bits per heavy atom. The van der Waals surface area contributed by atoms with E-state index in [9.17, 15) is 26.4 Å². The molecule has 0 heterocycles. The molecule has 34 heavy (non-hydrogen) atoms. The van der Waals surface area contributed by atoms with Crippen molar-refractivity contribution in [1.29, 1.82) is 0 Å². The molecule has 0 aromatic heterocycles. The molecule has 1 N–H and O–H groups in total. The zero-order valence-corrected chi connectivity index (χ0v) is 20.1. The first-order valence-corrected chi connectivity index (χ1v) is 13.5. The average molecular weight is 505 g/mol. The Bertz CT molecular complexity index is 1040. The number of halogens is 3. The standard InChI is InChI=1S/C24H31F3O6S/c1-3-23(2,20-12-15-11-18(20)17-6-4-5-16(15)17)33-21-13-14(7-8-19(21)24(25,26)27)22(28)32-9-10-34(29,30)31/h7-8,13,15-18,20H,3-6,9-12H2,1-2H3,(H,29,30,31). The van der Waals surface area contributed by atoms with Gasteiger partial charge in [-0.25, -0.2) is 4.79 Å². The van der Waals surface area contributed by atoms with Gasteiger partial charge in [0.25, 0.3) is 10.1 Å². The second-order valence-electron chi connectivity index (χ2n) is 10.2. The Hall–Kier alpha value is -1.81. The van der Waals surface area contributed by atoms with Gasteiger partial charge >= 0.3 is 12.1 Å². The van der Waals surface area contributed by atoms with Crippen LogP contribution < -0.4 is 4.74 Å². The van der Waals surface area contributed by atoms with Crippen molar-refractivity contribution >= 4 is 16.1 Å². The van der Waals surface area contributed by atoms with Crippen molar-refractivity contribution in [3.63, 3.8) is 0 Å². The minimum absolute atomic E-state index is 0.147.